The van der Waals surface area contributed by atoms with Gasteiger partial charge in [0.25, 0.3) is 0 Å². The molecule has 0 bridgehead atoms. The van der Waals surface area contributed by atoms with E-state index < -0.39 is 0 Å². The SMILES string of the molecule is COc1ccc([C@H]2CCN(C(=O)C[C@@H](C)c3c(C)n[nH]c3C)C2)cc1. The van der Waals surface area contributed by atoms with E-state index in [2.05, 4.69) is 29.3 Å². The van der Waals surface area contributed by atoms with Crippen LogP contribution < -0.4 is 4.74 Å². The monoisotopic (exact) mass is 341 g/mol. The highest BCUT2D eigenvalue weighted by atomic mass is 16.5. The maximum absolute atomic E-state index is 12.7. The van der Waals surface area contributed by atoms with E-state index >= 15 is 0 Å². The quantitative estimate of drug-likeness (QED) is 0.905. The van der Waals surface area contributed by atoms with Gasteiger partial charge in [0.05, 0.1) is 12.8 Å². The highest BCUT2D eigenvalue weighted by Crippen LogP contribution is 2.31. The van der Waals surface area contributed by atoms with Crippen molar-refractivity contribution in [1.29, 1.82) is 0 Å². The molecule has 1 fully saturated rings. The highest BCUT2D eigenvalue weighted by molar-refractivity contribution is 5.77. The molecule has 0 radical (unpaired) electrons. The Bertz CT molecular complexity index is 716. The molecule has 2 atom stereocenters. The number of aromatic nitrogens is 2. The van der Waals surface area contributed by atoms with Crippen LogP contribution >= 0.6 is 0 Å². The molecule has 0 aliphatic carbocycles. The second-order valence-electron chi connectivity index (χ2n) is 7.05. The minimum Gasteiger partial charge on any atom is -0.497 e. The van der Waals surface area contributed by atoms with Gasteiger partial charge in [0.2, 0.25) is 5.91 Å². The zero-order chi connectivity index (χ0) is 18.0. The lowest BCUT2D eigenvalue weighted by Gasteiger charge is -2.20. The summed E-state index contributed by atoms with van der Waals surface area (Å²) in [5, 5.41) is 7.26. The van der Waals surface area contributed by atoms with Crippen molar-refractivity contribution in [3.05, 3.63) is 46.8 Å². The van der Waals surface area contributed by atoms with Crippen LogP contribution in [0.25, 0.3) is 0 Å². The van der Waals surface area contributed by atoms with Crippen LogP contribution in [0.2, 0.25) is 0 Å². The lowest BCUT2D eigenvalue weighted by molar-refractivity contribution is -0.130. The molecule has 1 aromatic heterocycles. The third-order valence-electron chi connectivity index (χ3n) is 5.29. The number of likely N-dealkylation sites (tertiary alicyclic amines) is 1. The van der Waals surface area contributed by atoms with Crippen LogP contribution in [-0.2, 0) is 4.79 Å². The van der Waals surface area contributed by atoms with E-state index in [1.54, 1.807) is 7.11 Å². The molecule has 2 aromatic rings. The van der Waals surface area contributed by atoms with Gasteiger partial charge in [0.15, 0.2) is 0 Å². The summed E-state index contributed by atoms with van der Waals surface area (Å²) >= 11 is 0. The van der Waals surface area contributed by atoms with Crippen LogP contribution in [0.4, 0.5) is 0 Å². The van der Waals surface area contributed by atoms with Crippen LogP contribution in [0.3, 0.4) is 0 Å². The smallest absolute Gasteiger partial charge is 0.223 e. The van der Waals surface area contributed by atoms with Gasteiger partial charge in [-0.3, -0.25) is 9.89 Å². The predicted molar refractivity (Wildman–Crippen MR) is 98.0 cm³/mol. The van der Waals surface area contributed by atoms with Crippen molar-refractivity contribution in [1.82, 2.24) is 15.1 Å². The van der Waals surface area contributed by atoms with E-state index in [4.69, 9.17) is 4.74 Å². The molecule has 1 aromatic carbocycles. The maximum Gasteiger partial charge on any atom is 0.223 e. The van der Waals surface area contributed by atoms with Crippen LogP contribution in [0.1, 0.15) is 54.1 Å². The molecular formula is C20H27N3O2. The topological polar surface area (TPSA) is 58.2 Å². The van der Waals surface area contributed by atoms with Crippen molar-refractivity contribution >= 4 is 5.91 Å². The Balaban J connectivity index is 1.60. The molecule has 0 unspecified atom stereocenters. The molecule has 2 heterocycles. The van der Waals surface area contributed by atoms with Gasteiger partial charge in [-0.15, -0.1) is 0 Å². The fraction of sp³-hybridized carbons (Fsp3) is 0.500. The normalized spacial score (nSPS) is 18.4. The Kier molecular flexibility index (Phi) is 5.11. The molecule has 3 rings (SSSR count). The summed E-state index contributed by atoms with van der Waals surface area (Å²) in [4.78, 5) is 14.7. The fourth-order valence-corrected chi connectivity index (χ4v) is 3.91. The summed E-state index contributed by atoms with van der Waals surface area (Å²) in [5.74, 6) is 1.71. The van der Waals surface area contributed by atoms with E-state index in [1.165, 1.54) is 11.1 Å². The Morgan fingerprint density at radius 1 is 1.36 bits per heavy atom. The summed E-state index contributed by atoms with van der Waals surface area (Å²) in [6.07, 6.45) is 1.56. The van der Waals surface area contributed by atoms with Crippen molar-refractivity contribution in [3.63, 3.8) is 0 Å². The van der Waals surface area contributed by atoms with Crippen LogP contribution in [0.15, 0.2) is 24.3 Å². The molecule has 0 spiro atoms. The van der Waals surface area contributed by atoms with Crippen molar-refractivity contribution in [2.45, 2.75) is 45.4 Å². The zero-order valence-electron chi connectivity index (χ0n) is 15.5. The fourth-order valence-electron chi connectivity index (χ4n) is 3.91. The molecule has 5 nitrogen and oxygen atoms in total. The summed E-state index contributed by atoms with van der Waals surface area (Å²) in [6, 6.07) is 8.20. The van der Waals surface area contributed by atoms with Gasteiger partial charge < -0.3 is 9.64 Å². The number of H-pyrrole nitrogens is 1. The first-order valence-electron chi connectivity index (χ1n) is 8.92. The van der Waals surface area contributed by atoms with Crippen molar-refractivity contribution < 1.29 is 9.53 Å². The molecule has 1 aliphatic heterocycles. The Labute approximate surface area is 149 Å². The average molecular weight is 341 g/mol. The lowest BCUT2D eigenvalue weighted by atomic mass is 9.95. The average Bonchev–Trinajstić information content (AvgIpc) is 3.22. The number of ether oxygens (including phenoxy) is 1. The summed E-state index contributed by atoms with van der Waals surface area (Å²) in [5.41, 5.74) is 4.52. The van der Waals surface area contributed by atoms with Crippen LogP contribution in [-0.4, -0.2) is 41.2 Å². The van der Waals surface area contributed by atoms with E-state index in [-0.39, 0.29) is 11.8 Å². The van der Waals surface area contributed by atoms with E-state index in [0.29, 0.717) is 12.3 Å². The number of hydrogen-bond donors (Lipinski definition) is 1. The maximum atomic E-state index is 12.7. The second kappa shape index (κ2) is 7.30. The van der Waals surface area contributed by atoms with Gasteiger partial charge in [-0.25, -0.2) is 0 Å². The van der Waals surface area contributed by atoms with E-state index in [0.717, 1.165) is 36.6 Å². The van der Waals surface area contributed by atoms with E-state index in [9.17, 15) is 4.79 Å². The van der Waals surface area contributed by atoms with Crippen molar-refractivity contribution in [3.8, 4) is 5.75 Å². The molecule has 1 N–H and O–H groups in total. The Hall–Kier alpha value is -2.30. The van der Waals surface area contributed by atoms with Gasteiger partial charge in [0, 0.05) is 31.1 Å². The standard InChI is InChI=1S/C20H27N3O2/c1-13(20-14(2)21-22-15(20)3)11-19(24)23-10-9-17(12-23)16-5-7-18(25-4)8-6-16/h5-8,13,17H,9-12H2,1-4H3,(H,21,22)/t13-,17+/m1/s1. The number of nitrogens with one attached hydrogen (secondary N) is 1. The molecule has 1 amide bonds. The molecule has 0 saturated carbocycles. The van der Waals surface area contributed by atoms with Gasteiger partial charge in [-0.1, -0.05) is 19.1 Å². The van der Waals surface area contributed by atoms with Gasteiger partial charge in [0.1, 0.15) is 5.75 Å². The molecule has 5 heteroatoms. The minimum atomic E-state index is 0.186. The van der Waals surface area contributed by atoms with Gasteiger partial charge >= 0.3 is 0 Å². The largest absolute Gasteiger partial charge is 0.497 e. The number of carbonyl (C=O) groups excluding carboxylic acids is 1. The number of rotatable bonds is 5. The lowest BCUT2D eigenvalue weighted by Crippen LogP contribution is -2.29. The predicted octanol–water partition coefficient (Wildman–Crippen LogP) is 3.54. The van der Waals surface area contributed by atoms with Crippen molar-refractivity contribution in [2.24, 2.45) is 0 Å². The Morgan fingerprint density at radius 2 is 2.08 bits per heavy atom. The van der Waals surface area contributed by atoms with Gasteiger partial charge in [-0.05, 0) is 49.4 Å². The molecule has 25 heavy (non-hydrogen) atoms. The molecular weight excluding hydrogens is 314 g/mol. The molecule has 1 aliphatic rings. The first kappa shape index (κ1) is 17.5. The third-order valence-corrected chi connectivity index (χ3v) is 5.29. The van der Waals surface area contributed by atoms with Gasteiger partial charge in [-0.2, -0.15) is 5.10 Å². The summed E-state index contributed by atoms with van der Waals surface area (Å²) in [6.45, 7) is 7.77. The highest BCUT2D eigenvalue weighted by Gasteiger charge is 2.29. The van der Waals surface area contributed by atoms with Crippen LogP contribution in [0, 0.1) is 13.8 Å². The van der Waals surface area contributed by atoms with E-state index in [1.807, 2.05) is 30.9 Å². The first-order chi connectivity index (χ1) is 12.0. The number of nitrogens with zero attached hydrogens (tertiary/aromatic N) is 2. The number of benzene rings is 1. The first-order valence-corrected chi connectivity index (χ1v) is 8.92. The minimum absolute atomic E-state index is 0.186. The zero-order valence-corrected chi connectivity index (χ0v) is 15.5. The number of methoxy groups -OCH3 is 1. The number of hydrogen-bond acceptors (Lipinski definition) is 3. The summed E-state index contributed by atoms with van der Waals surface area (Å²) in [7, 11) is 1.68. The number of amides is 1. The number of aryl methyl sites for hydroxylation is 2. The molecule has 1 saturated heterocycles. The summed E-state index contributed by atoms with van der Waals surface area (Å²) < 4.78 is 5.22. The molecule has 134 valence electrons. The van der Waals surface area contributed by atoms with Crippen molar-refractivity contribution in [2.75, 3.05) is 20.2 Å². The number of aromatic amines is 1. The Morgan fingerprint density at radius 3 is 2.68 bits per heavy atom. The second-order valence-corrected chi connectivity index (χ2v) is 7.05. The van der Waals surface area contributed by atoms with Crippen LogP contribution in [0.5, 0.6) is 5.75 Å². The number of carbonyl (C=O) groups is 1. The third kappa shape index (κ3) is 3.70.